The molecule has 0 saturated carbocycles. The minimum absolute atomic E-state index is 0.853. The molecule has 0 saturated heterocycles. The molecule has 0 fully saturated rings. The highest BCUT2D eigenvalue weighted by molar-refractivity contribution is 7.78. The molecule has 0 aliphatic rings. The lowest BCUT2D eigenvalue weighted by atomic mass is 10.3. The Labute approximate surface area is 55.8 Å². The molecule has 0 aliphatic heterocycles. The molecule has 0 aromatic rings. The smallest absolute Gasteiger partial charge is 0.0617 e. The van der Waals surface area contributed by atoms with Crippen LogP contribution in [0.4, 0.5) is 0 Å². The zero-order valence-electron chi connectivity index (χ0n) is 5.27. The Morgan fingerprint density at radius 1 is 1.62 bits per heavy atom. The fourth-order valence-electron chi connectivity index (χ4n) is 0.311. The quantitative estimate of drug-likeness (QED) is 0.352. The van der Waals surface area contributed by atoms with Crippen LogP contribution in [-0.4, -0.2) is 12.0 Å². The first kappa shape index (κ1) is 7.63. The number of hydrogen-bond acceptors (Lipinski definition) is 1. The van der Waals surface area contributed by atoms with E-state index in [-0.39, 0.29) is 0 Å². The summed E-state index contributed by atoms with van der Waals surface area (Å²) in [5.74, 6) is 0. The summed E-state index contributed by atoms with van der Waals surface area (Å²) < 4.78 is 0. The van der Waals surface area contributed by atoms with E-state index >= 15 is 0 Å². The monoisotopic (exact) mass is 129 g/mol. The van der Waals surface area contributed by atoms with Crippen molar-refractivity contribution in [3.05, 3.63) is 11.6 Å². The molecule has 0 bridgehead atoms. The average Bonchev–Trinajstić information content (AvgIpc) is 1.66. The van der Waals surface area contributed by atoms with Gasteiger partial charge in [0.2, 0.25) is 0 Å². The van der Waals surface area contributed by atoms with Crippen molar-refractivity contribution in [1.29, 1.82) is 0 Å². The van der Waals surface area contributed by atoms with Gasteiger partial charge in [-0.1, -0.05) is 23.9 Å². The predicted octanol–water partition coefficient (Wildman–Crippen LogP) is 1.50. The normalized spacial score (nSPS) is 7.75. The predicted molar refractivity (Wildman–Crippen MR) is 41.1 cm³/mol. The molecule has 0 atom stereocenters. The molecule has 8 heavy (non-hydrogen) atoms. The third kappa shape index (κ3) is 5.63. The van der Waals surface area contributed by atoms with Crippen molar-refractivity contribution in [2.45, 2.75) is 13.8 Å². The molecule has 2 heteroatoms. The Kier molecular flexibility index (Phi) is 4.56. The SMILES string of the molecule is CC(C)=CCNC=S. The Balaban J connectivity index is 3.15. The second kappa shape index (κ2) is 4.78. The zero-order chi connectivity index (χ0) is 6.41. The van der Waals surface area contributed by atoms with Crippen LogP contribution >= 0.6 is 12.2 Å². The maximum atomic E-state index is 4.54. The summed E-state index contributed by atoms with van der Waals surface area (Å²) in [6, 6.07) is 0. The maximum Gasteiger partial charge on any atom is 0.0617 e. The van der Waals surface area contributed by atoms with Gasteiger partial charge >= 0.3 is 0 Å². The Morgan fingerprint density at radius 3 is 2.62 bits per heavy atom. The van der Waals surface area contributed by atoms with Gasteiger partial charge in [-0.2, -0.15) is 0 Å². The van der Waals surface area contributed by atoms with Crippen LogP contribution in [0.15, 0.2) is 11.6 Å². The molecule has 0 aromatic heterocycles. The van der Waals surface area contributed by atoms with Crippen LogP contribution in [0.1, 0.15) is 13.8 Å². The Morgan fingerprint density at radius 2 is 2.25 bits per heavy atom. The van der Waals surface area contributed by atoms with E-state index in [4.69, 9.17) is 0 Å². The van der Waals surface area contributed by atoms with E-state index in [1.807, 2.05) is 0 Å². The Hall–Kier alpha value is -0.370. The first-order valence-electron chi connectivity index (χ1n) is 2.57. The number of nitrogens with one attached hydrogen (secondary N) is 1. The van der Waals surface area contributed by atoms with Gasteiger partial charge in [0.25, 0.3) is 0 Å². The summed E-state index contributed by atoms with van der Waals surface area (Å²) in [7, 11) is 0. The number of hydrogen-bond donors (Lipinski definition) is 1. The third-order valence-corrected chi connectivity index (χ3v) is 0.878. The van der Waals surface area contributed by atoms with Crippen LogP contribution in [-0.2, 0) is 0 Å². The fraction of sp³-hybridized carbons (Fsp3) is 0.500. The van der Waals surface area contributed by atoms with Crippen molar-refractivity contribution < 1.29 is 0 Å². The first-order valence-corrected chi connectivity index (χ1v) is 3.05. The van der Waals surface area contributed by atoms with Gasteiger partial charge in [-0.05, 0) is 13.8 Å². The van der Waals surface area contributed by atoms with Crippen molar-refractivity contribution >= 4 is 17.7 Å². The molecule has 0 unspecified atom stereocenters. The van der Waals surface area contributed by atoms with E-state index in [9.17, 15) is 0 Å². The second-order valence-electron chi connectivity index (χ2n) is 1.81. The minimum atomic E-state index is 0.853. The van der Waals surface area contributed by atoms with Gasteiger partial charge in [0.05, 0.1) is 5.49 Å². The lowest BCUT2D eigenvalue weighted by Crippen LogP contribution is -2.08. The fourth-order valence-corrected chi connectivity index (χ4v) is 0.407. The highest BCUT2D eigenvalue weighted by Crippen LogP contribution is 1.83. The summed E-state index contributed by atoms with van der Waals surface area (Å²) >= 11 is 4.54. The molecule has 1 N–H and O–H groups in total. The van der Waals surface area contributed by atoms with Gasteiger partial charge in [-0.3, -0.25) is 0 Å². The van der Waals surface area contributed by atoms with Gasteiger partial charge in [0.1, 0.15) is 0 Å². The van der Waals surface area contributed by atoms with Gasteiger partial charge in [0, 0.05) is 6.54 Å². The minimum Gasteiger partial charge on any atom is -0.379 e. The van der Waals surface area contributed by atoms with Crippen LogP contribution in [0.25, 0.3) is 0 Å². The number of rotatable bonds is 3. The van der Waals surface area contributed by atoms with Crippen molar-refractivity contribution in [3.63, 3.8) is 0 Å². The van der Waals surface area contributed by atoms with Crippen LogP contribution < -0.4 is 5.32 Å². The summed E-state index contributed by atoms with van der Waals surface area (Å²) in [6.45, 7) is 4.97. The molecule has 1 nitrogen and oxygen atoms in total. The van der Waals surface area contributed by atoms with E-state index in [0.29, 0.717) is 0 Å². The molecular formula is C6H11NS. The first-order chi connectivity index (χ1) is 3.77. The molecule has 0 aliphatic carbocycles. The largest absolute Gasteiger partial charge is 0.379 e. The highest BCUT2D eigenvalue weighted by Gasteiger charge is 1.73. The van der Waals surface area contributed by atoms with Gasteiger partial charge in [-0.15, -0.1) is 0 Å². The molecule has 0 radical (unpaired) electrons. The standard InChI is InChI=1S/C6H11NS/c1-6(2)3-4-7-5-8/h3,5H,4H2,1-2H3,(H,7,8). The van der Waals surface area contributed by atoms with Gasteiger partial charge in [0.15, 0.2) is 0 Å². The van der Waals surface area contributed by atoms with Crippen LogP contribution in [0.2, 0.25) is 0 Å². The van der Waals surface area contributed by atoms with E-state index in [2.05, 4.69) is 37.5 Å². The van der Waals surface area contributed by atoms with Crippen molar-refractivity contribution in [2.24, 2.45) is 0 Å². The molecular weight excluding hydrogens is 118 g/mol. The van der Waals surface area contributed by atoms with Crippen molar-refractivity contribution in [2.75, 3.05) is 6.54 Å². The molecule has 0 spiro atoms. The second-order valence-corrected chi connectivity index (χ2v) is 2.04. The van der Waals surface area contributed by atoms with Crippen LogP contribution in [0.3, 0.4) is 0 Å². The molecule has 0 amide bonds. The zero-order valence-corrected chi connectivity index (χ0v) is 6.09. The number of thiocarbonyl (C=S) groups is 1. The van der Waals surface area contributed by atoms with E-state index in [1.54, 1.807) is 0 Å². The summed E-state index contributed by atoms with van der Waals surface area (Å²) in [5, 5.41) is 2.89. The molecule has 0 aromatic carbocycles. The van der Waals surface area contributed by atoms with Crippen LogP contribution in [0.5, 0.6) is 0 Å². The van der Waals surface area contributed by atoms with Crippen LogP contribution in [0, 0.1) is 0 Å². The van der Waals surface area contributed by atoms with Crippen molar-refractivity contribution in [3.8, 4) is 0 Å². The van der Waals surface area contributed by atoms with E-state index in [1.165, 1.54) is 11.1 Å². The van der Waals surface area contributed by atoms with Crippen molar-refractivity contribution in [1.82, 2.24) is 5.32 Å². The van der Waals surface area contributed by atoms with E-state index in [0.717, 1.165) is 6.54 Å². The summed E-state index contributed by atoms with van der Waals surface area (Å²) in [4.78, 5) is 0. The summed E-state index contributed by atoms with van der Waals surface area (Å²) in [5.41, 5.74) is 2.84. The average molecular weight is 129 g/mol. The molecule has 0 rings (SSSR count). The summed E-state index contributed by atoms with van der Waals surface area (Å²) in [6.07, 6.45) is 2.09. The Bertz CT molecular complexity index is 92.7. The topological polar surface area (TPSA) is 12.0 Å². The van der Waals surface area contributed by atoms with Gasteiger partial charge in [-0.25, -0.2) is 0 Å². The third-order valence-electron chi connectivity index (χ3n) is 0.711. The molecule has 46 valence electrons. The molecule has 0 heterocycles. The lowest BCUT2D eigenvalue weighted by Gasteiger charge is -1.90. The highest BCUT2D eigenvalue weighted by atomic mass is 32.1. The lowest BCUT2D eigenvalue weighted by molar-refractivity contribution is 1.07. The maximum absolute atomic E-state index is 4.54. The van der Waals surface area contributed by atoms with E-state index < -0.39 is 0 Å². The number of allylic oxidation sites excluding steroid dienone is 1. The van der Waals surface area contributed by atoms with Gasteiger partial charge < -0.3 is 5.32 Å².